The highest BCUT2D eigenvalue weighted by Gasteiger charge is 2.17. The molecule has 4 nitrogen and oxygen atoms in total. The number of ether oxygens (including phenoxy) is 1. The molecule has 0 aromatic heterocycles. The highest BCUT2D eigenvalue weighted by atomic mass is 19.1. The van der Waals surface area contributed by atoms with Crippen molar-refractivity contribution in [2.75, 3.05) is 7.11 Å². The summed E-state index contributed by atoms with van der Waals surface area (Å²) >= 11 is 0. The first-order chi connectivity index (χ1) is 7.45. The SMILES string of the molecule is COc1cc(F)c(CC(=O)C(=O)O)cc1F. The lowest BCUT2D eigenvalue weighted by Crippen LogP contribution is -2.16. The van der Waals surface area contributed by atoms with Crippen LogP contribution in [0.3, 0.4) is 0 Å². The number of Topliss-reactive ketones (excluding diaryl/α,β-unsaturated/α-hetero) is 1. The van der Waals surface area contributed by atoms with E-state index < -0.39 is 29.8 Å². The number of carboxylic acid groups (broad SMARTS) is 1. The first-order valence-electron chi connectivity index (χ1n) is 4.23. The van der Waals surface area contributed by atoms with E-state index >= 15 is 0 Å². The molecule has 0 aliphatic heterocycles. The van der Waals surface area contributed by atoms with Crippen LogP contribution in [-0.4, -0.2) is 24.0 Å². The van der Waals surface area contributed by atoms with E-state index in [4.69, 9.17) is 5.11 Å². The van der Waals surface area contributed by atoms with Crippen LogP contribution in [0.15, 0.2) is 12.1 Å². The van der Waals surface area contributed by atoms with Gasteiger partial charge in [0.1, 0.15) is 5.82 Å². The van der Waals surface area contributed by atoms with Crippen molar-refractivity contribution in [1.29, 1.82) is 0 Å². The van der Waals surface area contributed by atoms with Crippen LogP contribution >= 0.6 is 0 Å². The third-order valence-electron chi connectivity index (χ3n) is 1.91. The molecule has 1 rings (SSSR count). The van der Waals surface area contributed by atoms with E-state index in [1.54, 1.807) is 0 Å². The normalized spacial score (nSPS) is 9.94. The lowest BCUT2D eigenvalue weighted by atomic mass is 10.1. The van der Waals surface area contributed by atoms with Gasteiger partial charge in [0.15, 0.2) is 11.6 Å². The summed E-state index contributed by atoms with van der Waals surface area (Å²) in [5.41, 5.74) is -0.314. The van der Waals surface area contributed by atoms with Crippen molar-refractivity contribution in [2.45, 2.75) is 6.42 Å². The van der Waals surface area contributed by atoms with Gasteiger partial charge in [0.05, 0.1) is 7.11 Å². The first-order valence-corrected chi connectivity index (χ1v) is 4.23. The molecule has 86 valence electrons. The molecule has 0 aliphatic rings. The quantitative estimate of drug-likeness (QED) is 0.788. The molecule has 0 heterocycles. The average molecular weight is 230 g/mol. The molecule has 0 aliphatic carbocycles. The van der Waals surface area contributed by atoms with Gasteiger partial charge in [-0.25, -0.2) is 13.6 Å². The smallest absolute Gasteiger partial charge is 0.372 e. The molecule has 1 N–H and O–H groups in total. The zero-order chi connectivity index (χ0) is 12.3. The second kappa shape index (κ2) is 4.69. The fourth-order valence-electron chi connectivity index (χ4n) is 1.11. The van der Waals surface area contributed by atoms with Crippen LogP contribution in [-0.2, 0) is 16.0 Å². The summed E-state index contributed by atoms with van der Waals surface area (Å²) in [6, 6.07) is 1.51. The fourth-order valence-corrected chi connectivity index (χ4v) is 1.11. The second-order valence-electron chi connectivity index (χ2n) is 2.98. The molecule has 0 saturated heterocycles. The summed E-state index contributed by atoms with van der Waals surface area (Å²) in [6.07, 6.45) is -0.692. The maximum absolute atomic E-state index is 13.2. The molecule has 1 aromatic rings. The number of ketones is 1. The second-order valence-corrected chi connectivity index (χ2v) is 2.98. The van der Waals surface area contributed by atoms with E-state index in [-0.39, 0.29) is 11.3 Å². The minimum absolute atomic E-state index is 0.302. The van der Waals surface area contributed by atoms with Gasteiger partial charge in [0, 0.05) is 12.5 Å². The number of aliphatic carboxylic acids is 1. The predicted molar refractivity (Wildman–Crippen MR) is 49.3 cm³/mol. The number of rotatable bonds is 4. The van der Waals surface area contributed by atoms with Gasteiger partial charge in [-0.05, 0) is 11.6 Å². The van der Waals surface area contributed by atoms with Crippen LogP contribution in [0.4, 0.5) is 8.78 Å². The van der Waals surface area contributed by atoms with Crippen molar-refractivity contribution in [3.8, 4) is 5.75 Å². The zero-order valence-corrected chi connectivity index (χ0v) is 8.29. The largest absolute Gasteiger partial charge is 0.494 e. The Morgan fingerprint density at radius 2 is 1.94 bits per heavy atom. The van der Waals surface area contributed by atoms with Crippen LogP contribution in [0.2, 0.25) is 0 Å². The maximum Gasteiger partial charge on any atom is 0.372 e. The lowest BCUT2D eigenvalue weighted by Gasteiger charge is -2.05. The highest BCUT2D eigenvalue weighted by Crippen LogP contribution is 2.21. The number of carboxylic acids is 1. The first kappa shape index (κ1) is 12.1. The molecular weight excluding hydrogens is 222 g/mol. The molecule has 6 heteroatoms. The molecule has 0 radical (unpaired) electrons. The Labute approximate surface area is 89.5 Å². The molecule has 0 fully saturated rings. The average Bonchev–Trinajstić information content (AvgIpc) is 2.22. The minimum Gasteiger partial charge on any atom is -0.494 e. The maximum atomic E-state index is 13.2. The summed E-state index contributed by atoms with van der Waals surface area (Å²) in [7, 11) is 1.17. The predicted octanol–water partition coefficient (Wildman–Crippen LogP) is 1.17. The Kier molecular flexibility index (Phi) is 3.55. The standard InChI is InChI=1S/C10H8F2O4/c1-16-9-4-6(11)5(2-7(9)12)3-8(13)10(14)15/h2,4H,3H2,1H3,(H,14,15). The van der Waals surface area contributed by atoms with Gasteiger partial charge in [0.25, 0.3) is 0 Å². The number of hydrogen-bond donors (Lipinski definition) is 1. The van der Waals surface area contributed by atoms with E-state index in [0.29, 0.717) is 0 Å². The van der Waals surface area contributed by atoms with Gasteiger partial charge < -0.3 is 9.84 Å². The number of hydrogen-bond acceptors (Lipinski definition) is 3. The molecule has 0 saturated carbocycles. The summed E-state index contributed by atoms with van der Waals surface area (Å²) in [5.74, 6) is -4.92. The number of halogens is 2. The summed E-state index contributed by atoms with van der Waals surface area (Å²) in [6.45, 7) is 0. The van der Waals surface area contributed by atoms with Crippen LogP contribution in [0.5, 0.6) is 5.75 Å². The van der Waals surface area contributed by atoms with E-state index in [1.165, 1.54) is 7.11 Å². The van der Waals surface area contributed by atoms with Crippen molar-refractivity contribution in [2.24, 2.45) is 0 Å². The molecule has 0 bridgehead atoms. The number of methoxy groups -OCH3 is 1. The Bertz CT molecular complexity index is 443. The molecular formula is C10H8F2O4. The highest BCUT2D eigenvalue weighted by molar-refractivity contribution is 6.33. The molecule has 0 unspecified atom stereocenters. The zero-order valence-electron chi connectivity index (χ0n) is 8.29. The van der Waals surface area contributed by atoms with E-state index in [9.17, 15) is 18.4 Å². The Morgan fingerprint density at radius 1 is 1.31 bits per heavy atom. The van der Waals surface area contributed by atoms with Gasteiger partial charge >= 0.3 is 5.97 Å². The van der Waals surface area contributed by atoms with E-state index in [1.807, 2.05) is 0 Å². The van der Waals surface area contributed by atoms with Crippen LogP contribution in [0, 0.1) is 11.6 Å². The molecule has 0 atom stereocenters. The summed E-state index contributed by atoms with van der Waals surface area (Å²) in [4.78, 5) is 21.0. The van der Waals surface area contributed by atoms with Crippen LogP contribution in [0.1, 0.15) is 5.56 Å². The topological polar surface area (TPSA) is 63.6 Å². The third-order valence-corrected chi connectivity index (χ3v) is 1.91. The molecule has 0 spiro atoms. The summed E-state index contributed by atoms with van der Waals surface area (Å²) in [5, 5.41) is 8.31. The number of carbonyl (C=O) groups excluding carboxylic acids is 1. The van der Waals surface area contributed by atoms with Crippen molar-refractivity contribution in [3.63, 3.8) is 0 Å². The van der Waals surface area contributed by atoms with Gasteiger partial charge in [-0.3, -0.25) is 4.79 Å². The van der Waals surface area contributed by atoms with E-state index in [2.05, 4.69) is 4.74 Å². The fraction of sp³-hybridized carbons (Fsp3) is 0.200. The van der Waals surface area contributed by atoms with Crippen molar-refractivity contribution in [3.05, 3.63) is 29.3 Å². The molecule has 1 aromatic carbocycles. The lowest BCUT2D eigenvalue weighted by molar-refractivity contribution is -0.148. The van der Waals surface area contributed by atoms with Crippen molar-refractivity contribution < 1.29 is 28.2 Å². The van der Waals surface area contributed by atoms with Gasteiger partial charge in [-0.2, -0.15) is 0 Å². The monoisotopic (exact) mass is 230 g/mol. The van der Waals surface area contributed by atoms with Crippen molar-refractivity contribution in [1.82, 2.24) is 0 Å². The van der Waals surface area contributed by atoms with E-state index in [0.717, 1.165) is 12.1 Å². The number of carbonyl (C=O) groups is 2. The number of benzene rings is 1. The van der Waals surface area contributed by atoms with Crippen molar-refractivity contribution >= 4 is 11.8 Å². The van der Waals surface area contributed by atoms with Gasteiger partial charge in [0.2, 0.25) is 5.78 Å². The van der Waals surface area contributed by atoms with Crippen LogP contribution in [0.25, 0.3) is 0 Å². The molecule has 16 heavy (non-hydrogen) atoms. The Balaban J connectivity index is 3.02. The Morgan fingerprint density at radius 3 is 2.44 bits per heavy atom. The van der Waals surface area contributed by atoms with Gasteiger partial charge in [-0.1, -0.05) is 0 Å². The molecule has 0 amide bonds. The minimum atomic E-state index is -1.68. The van der Waals surface area contributed by atoms with Crippen LogP contribution < -0.4 is 4.74 Å². The third kappa shape index (κ3) is 2.53. The summed E-state index contributed by atoms with van der Waals surface area (Å²) < 4.78 is 30.9. The Hall–Kier alpha value is -1.98. The van der Waals surface area contributed by atoms with Gasteiger partial charge in [-0.15, -0.1) is 0 Å².